The molecule has 1 heterocycles. The van der Waals surface area contributed by atoms with Crippen molar-refractivity contribution in [3.63, 3.8) is 0 Å². The summed E-state index contributed by atoms with van der Waals surface area (Å²) < 4.78 is 1.93. The Bertz CT molecular complexity index is 254. The lowest BCUT2D eigenvalue weighted by atomic mass is 10.2. The molecule has 72 valence electrons. The fraction of sp³-hybridized carbons (Fsp3) is 0.556. The molecule has 0 fully saturated rings. The van der Waals surface area contributed by atoms with E-state index < -0.39 is 0 Å². The highest BCUT2D eigenvalue weighted by Gasteiger charge is 2.04. The molecule has 0 bridgehead atoms. The van der Waals surface area contributed by atoms with E-state index in [-0.39, 0.29) is 11.8 Å². The zero-order valence-corrected chi connectivity index (χ0v) is 8.03. The number of rotatable bonds is 4. The van der Waals surface area contributed by atoms with Crippen LogP contribution in [0.2, 0.25) is 0 Å². The molecule has 0 atom stereocenters. The van der Waals surface area contributed by atoms with Crippen LogP contribution in [0.1, 0.15) is 13.8 Å². The van der Waals surface area contributed by atoms with E-state index in [4.69, 9.17) is 0 Å². The summed E-state index contributed by atoms with van der Waals surface area (Å²) in [4.78, 5) is 15.0. The van der Waals surface area contributed by atoms with E-state index in [1.54, 1.807) is 12.5 Å². The minimum absolute atomic E-state index is 0.0581. The molecule has 0 aromatic carbocycles. The molecule has 0 aliphatic heterocycles. The Morgan fingerprint density at radius 3 is 2.92 bits per heavy atom. The third-order valence-electron chi connectivity index (χ3n) is 1.75. The molecule has 0 radical (unpaired) electrons. The van der Waals surface area contributed by atoms with E-state index in [0.717, 1.165) is 6.54 Å². The first kappa shape index (κ1) is 9.77. The Labute approximate surface area is 78.0 Å². The van der Waals surface area contributed by atoms with Crippen molar-refractivity contribution in [2.75, 3.05) is 6.54 Å². The summed E-state index contributed by atoms with van der Waals surface area (Å²) in [5.74, 6) is 0.155. The summed E-state index contributed by atoms with van der Waals surface area (Å²) >= 11 is 0. The van der Waals surface area contributed by atoms with Crippen LogP contribution in [0.4, 0.5) is 0 Å². The summed E-state index contributed by atoms with van der Waals surface area (Å²) in [6.45, 7) is 5.20. The van der Waals surface area contributed by atoms with Crippen molar-refractivity contribution in [3.05, 3.63) is 18.7 Å². The van der Waals surface area contributed by atoms with Crippen LogP contribution in [0.3, 0.4) is 0 Å². The van der Waals surface area contributed by atoms with E-state index in [1.807, 2.05) is 24.6 Å². The van der Waals surface area contributed by atoms with Crippen molar-refractivity contribution in [2.45, 2.75) is 20.4 Å². The molecule has 0 aliphatic carbocycles. The van der Waals surface area contributed by atoms with Crippen LogP contribution in [0, 0.1) is 5.92 Å². The van der Waals surface area contributed by atoms with Gasteiger partial charge in [-0.05, 0) is 0 Å². The smallest absolute Gasteiger partial charge is 0.222 e. The molecule has 13 heavy (non-hydrogen) atoms. The third-order valence-corrected chi connectivity index (χ3v) is 1.75. The molecule has 1 rings (SSSR count). The zero-order chi connectivity index (χ0) is 9.68. The number of nitrogens with one attached hydrogen (secondary N) is 1. The number of imidazole rings is 1. The Morgan fingerprint density at radius 2 is 2.38 bits per heavy atom. The number of amides is 1. The first-order valence-electron chi connectivity index (χ1n) is 4.43. The van der Waals surface area contributed by atoms with Crippen molar-refractivity contribution in [1.29, 1.82) is 0 Å². The van der Waals surface area contributed by atoms with Gasteiger partial charge in [-0.3, -0.25) is 4.79 Å². The maximum Gasteiger partial charge on any atom is 0.222 e. The number of hydrogen-bond donors (Lipinski definition) is 1. The lowest BCUT2D eigenvalue weighted by Gasteiger charge is -2.07. The number of carbonyl (C=O) groups excluding carboxylic acids is 1. The second-order valence-corrected chi connectivity index (χ2v) is 3.25. The number of nitrogens with zero attached hydrogens (tertiary/aromatic N) is 2. The van der Waals surface area contributed by atoms with Gasteiger partial charge in [-0.15, -0.1) is 0 Å². The highest BCUT2D eigenvalue weighted by molar-refractivity contribution is 5.77. The molecular formula is C9H15N3O. The third kappa shape index (κ3) is 3.27. The summed E-state index contributed by atoms with van der Waals surface area (Å²) in [7, 11) is 0. The molecule has 0 aliphatic rings. The van der Waals surface area contributed by atoms with Crippen LogP contribution in [0.25, 0.3) is 0 Å². The van der Waals surface area contributed by atoms with E-state index in [0.29, 0.717) is 6.54 Å². The van der Waals surface area contributed by atoms with Gasteiger partial charge in [0.25, 0.3) is 0 Å². The largest absolute Gasteiger partial charge is 0.354 e. The van der Waals surface area contributed by atoms with Gasteiger partial charge in [0.2, 0.25) is 5.91 Å². The first-order valence-corrected chi connectivity index (χ1v) is 4.43. The van der Waals surface area contributed by atoms with Gasteiger partial charge in [-0.2, -0.15) is 0 Å². The average Bonchev–Trinajstić information content (AvgIpc) is 2.56. The van der Waals surface area contributed by atoms with Crippen LogP contribution in [0.5, 0.6) is 0 Å². The predicted octanol–water partition coefficient (Wildman–Crippen LogP) is 0.655. The monoisotopic (exact) mass is 181 g/mol. The van der Waals surface area contributed by atoms with Gasteiger partial charge in [0.05, 0.1) is 6.33 Å². The standard InChI is InChI=1S/C9H15N3O/c1-8(2)9(13)11-4-6-12-5-3-10-7-12/h3,5,7-8H,4,6H2,1-2H3,(H,11,13). The SMILES string of the molecule is CC(C)C(=O)NCCn1ccnc1. The molecule has 0 saturated heterocycles. The van der Waals surface area contributed by atoms with Crippen LogP contribution in [0.15, 0.2) is 18.7 Å². The topological polar surface area (TPSA) is 46.9 Å². The van der Waals surface area contributed by atoms with Crippen molar-refractivity contribution in [3.8, 4) is 0 Å². The van der Waals surface area contributed by atoms with Crippen molar-refractivity contribution in [2.24, 2.45) is 5.92 Å². The summed E-state index contributed by atoms with van der Waals surface area (Å²) in [5, 5.41) is 2.83. The van der Waals surface area contributed by atoms with Crippen molar-refractivity contribution < 1.29 is 4.79 Å². The minimum atomic E-state index is 0.0581. The molecule has 4 nitrogen and oxygen atoms in total. The number of aromatic nitrogens is 2. The van der Waals surface area contributed by atoms with E-state index in [1.165, 1.54) is 0 Å². The van der Waals surface area contributed by atoms with Crippen molar-refractivity contribution in [1.82, 2.24) is 14.9 Å². The predicted molar refractivity (Wildman–Crippen MR) is 50.1 cm³/mol. The maximum atomic E-state index is 11.1. The molecule has 0 saturated carbocycles. The molecule has 1 N–H and O–H groups in total. The van der Waals surface area contributed by atoms with Gasteiger partial charge in [-0.25, -0.2) is 4.98 Å². The number of hydrogen-bond acceptors (Lipinski definition) is 2. The van der Waals surface area contributed by atoms with E-state index in [9.17, 15) is 4.79 Å². The molecular weight excluding hydrogens is 166 g/mol. The number of carbonyl (C=O) groups is 1. The second kappa shape index (κ2) is 4.64. The molecule has 1 amide bonds. The first-order chi connectivity index (χ1) is 6.20. The minimum Gasteiger partial charge on any atom is -0.354 e. The van der Waals surface area contributed by atoms with Crippen LogP contribution < -0.4 is 5.32 Å². The highest BCUT2D eigenvalue weighted by Crippen LogP contribution is 1.90. The van der Waals surface area contributed by atoms with E-state index >= 15 is 0 Å². The lowest BCUT2D eigenvalue weighted by Crippen LogP contribution is -2.30. The fourth-order valence-electron chi connectivity index (χ4n) is 0.931. The summed E-state index contributed by atoms with van der Waals surface area (Å²) in [5.41, 5.74) is 0. The maximum absolute atomic E-state index is 11.1. The Balaban J connectivity index is 2.18. The molecule has 1 aromatic heterocycles. The molecule has 0 unspecified atom stereocenters. The van der Waals surface area contributed by atoms with Crippen molar-refractivity contribution >= 4 is 5.91 Å². The molecule has 1 aromatic rings. The Hall–Kier alpha value is -1.32. The second-order valence-electron chi connectivity index (χ2n) is 3.25. The van der Waals surface area contributed by atoms with Gasteiger partial charge in [0.15, 0.2) is 0 Å². The fourth-order valence-corrected chi connectivity index (χ4v) is 0.931. The van der Waals surface area contributed by atoms with Gasteiger partial charge in [0, 0.05) is 31.4 Å². The van der Waals surface area contributed by atoms with E-state index in [2.05, 4.69) is 10.3 Å². The van der Waals surface area contributed by atoms with Crippen LogP contribution in [-0.4, -0.2) is 22.0 Å². The Kier molecular flexibility index (Phi) is 3.49. The average molecular weight is 181 g/mol. The Morgan fingerprint density at radius 1 is 1.62 bits per heavy atom. The zero-order valence-electron chi connectivity index (χ0n) is 8.03. The van der Waals surface area contributed by atoms with Crippen LogP contribution >= 0.6 is 0 Å². The van der Waals surface area contributed by atoms with Gasteiger partial charge < -0.3 is 9.88 Å². The molecule has 0 spiro atoms. The van der Waals surface area contributed by atoms with Crippen LogP contribution in [-0.2, 0) is 11.3 Å². The normalized spacial score (nSPS) is 10.4. The molecule has 4 heteroatoms. The summed E-state index contributed by atoms with van der Waals surface area (Å²) in [6.07, 6.45) is 5.34. The van der Waals surface area contributed by atoms with Gasteiger partial charge in [0.1, 0.15) is 0 Å². The quantitative estimate of drug-likeness (QED) is 0.741. The van der Waals surface area contributed by atoms with Gasteiger partial charge >= 0.3 is 0 Å². The van der Waals surface area contributed by atoms with Gasteiger partial charge in [-0.1, -0.05) is 13.8 Å². The summed E-state index contributed by atoms with van der Waals surface area (Å²) in [6, 6.07) is 0. The lowest BCUT2D eigenvalue weighted by molar-refractivity contribution is -0.123. The highest BCUT2D eigenvalue weighted by atomic mass is 16.1.